The summed E-state index contributed by atoms with van der Waals surface area (Å²) in [4.78, 5) is 23.0. The maximum absolute atomic E-state index is 13.1. The molecule has 148 valence electrons. The van der Waals surface area contributed by atoms with Gasteiger partial charge >= 0.3 is 6.03 Å². The highest BCUT2D eigenvalue weighted by Gasteiger charge is 2.42. The second-order valence-corrected chi connectivity index (χ2v) is 7.01. The van der Waals surface area contributed by atoms with Crippen LogP contribution in [0.5, 0.6) is 17.4 Å². The number of methoxy groups -OCH3 is 3. The summed E-state index contributed by atoms with van der Waals surface area (Å²) in [6, 6.07) is 5.51. The zero-order valence-corrected chi connectivity index (χ0v) is 16.3. The summed E-state index contributed by atoms with van der Waals surface area (Å²) in [6.07, 6.45) is 4.36. The van der Waals surface area contributed by atoms with Crippen molar-refractivity contribution in [3.63, 3.8) is 0 Å². The predicted octanol–water partition coefficient (Wildman–Crippen LogP) is 3.04. The van der Waals surface area contributed by atoms with Crippen LogP contribution in [0, 0.1) is 5.92 Å². The standard InChI is InChI=1S/C20H24N4O4/c1-26-15-8-13-6-7-24(19(12-4-5-12)14(13)9-16(15)27-2)20(25)23-17-10-18(28-3)22-11-21-17/h8-12,19H,4-7H2,1-3H3,(H,21,22,23,25). The molecule has 1 unspecified atom stereocenters. The van der Waals surface area contributed by atoms with Gasteiger partial charge in [-0.1, -0.05) is 0 Å². The van der Waals surface area contributed by atoms with Gasteiger partial charge in [-0.15, -0.1) is 0 Å². The monoisotopic (exact) mass is 384 g/mol. The maximum atomic E-state index is 13.1. The molecule has 2 aliphatic rings. The van der Waals surface area contributed by atoms with Crippen LogP contribution in [0.1, 0.15) is 30.0 Å². The van der Waals surface area contributed by atoms with Crippen molar-refractivity contribution in [2.24, 2.45) is 5.92 Å². The van der Waals surface area contributed by atoms with Gasteiger partial charge in [-0.25, -0.2) is 14.8 Å². The van der Waals surface area contributed by atoms with Gasteiger partial charge in [-0.2, -0.15) is 0 Å². The predicted molar refractivity (Wildman–Crippen MR) is 103 cm³/mol. The van der Waals surface area contributed by atoms with Crippen molar-refractivity contribution < 1.29 is 19.0 Å². The molecule has 0 saturated heterocycles. The van der Waals surface area contributed by atoms with Crippen molar-refractivity contribution >= 4 is 11.8 Å². The molecular formula is C20H24N4O4. The van der Waals surface area contributed by atoms with Crippen LogP contribution >= 0.6 is 0 Å². The highest BCUT2D eigenvalue weighted by molar-refractivity contribution is 5.89. The summed E-state index contributed by atoms with van der Waals surface area (Å²) in [5.41, 5.74) is 2.35. The van der Waals surface area contributed by atoms with Crippen molar-refractivity contribution in [3.05, 3.63) is 35.7 Å². The zero-order chi connectivity index (χ0) is 19.7. The van der Waals surface area contributed by atoms with Gasteiger partial charge in [-0.05, 0) is 48.4 Å². The number of amides is 2. The minimum Gasteiger partial charge on any atom is -0.493 e. The van der Waals surface area contributed by atoms with E-state index >= 15 is 0 Å². The Kier molecular flexibility index (Phi) is 4.93. The highest BCUT2D eigenvalue weighted by Crippen LogP contribution is 2.49. The fourth-order valence-corrected chi connectivity index (χ4v) is 3.83. The molecule has 1 saturated carbocycles. The van der Waals surface area contributed by atoms with Crippen molar-refractivity contribution in [3.8, 4) is 17.4 Å². The van der Waals surface area contributed by atoms with Gasteiger partial charge in [0, 0.05) is 12.6 Å². The third-order valence-electron chi connectivity index (χ3n) is 5.34. The summed E-state index contributed by atoms with van der Waals surface area (Å²) >= 11 is 0. The summed E-state index contributed by atoms with van der Waals surface area (Å²) in [6.45, 7) is 0.637. The summed E-state index contributed by atoms with van der Waals surface area (Å²) < 4.78 is 16.0. The lowest BCUT2D eigenvalue weighted by Crippen LogP contribution is -2.43. The van der Waals surface area contributed by atoms with E-state index in [0.717, 1.165) is 30.6 Å². The zero-order valence-electron chi connectivity index (χ0n) is 16.3. The first kappa shape index (κ1) is 18.3. The minimum absolute atomic E-state index is 0.0206. The van der Waals surface area contributed by atoms with Crippen LogP contribution < -0.4 is 19.5 Å². The molecule has 0 bridgehead atoms. The molecule has 2 aromatic rings. The Morgan fingerprint density at radius 3 is 2.50 bits per heavy atom. The topological polar surface area (TPSA) is 85.8 Å². The smallest absolute Gasteiger partial charge is 0.323 e. The molecule has 28 heavy (non-hydrogen) atoms. The van der Waals surface area contributed by atoms with Crippen molar-refractivity contribution in [2.45, 2.75) is 25.3 Å². The maximum Gasteiger partial charge on any atom is 0.323 e. The van der Waals surface area contributed by atoms with Crippen LogP contribution in [0.3, 0.4) is 0 Å². The molecule has 8 heteroatoms. The first-order valence-electron chi connectivity index (χ1n) is 9.33. The Labute approximate surface area is 163 Å². The second-order valence-electron chi connectivity index (χ2n) is 7.01. The SMILES string of the molecule is COc1cc(NC(=O)N2CCc3cc(OC)c(OC)cc3C2C2CC2)ncn1. The number of anilines is 1. The average molecular weight is 384 g/mol. The fraction of sp³-hybridized carbons (Fsp3) is 0.450. The normalized spacial score (nSPS) is 18.2. The van der Waals surface area contributed by atoms with Crippen molar-refractivity contribution in [1.29, 1.82) is 0 Å². The minimum atomic E-state index is -0.168. The number of hydrogen-bond acceptors (Lipinski definition) is 6. The van der Waals surface area contributed by atoms with E-state index < -0.39 is 0 Å². The third-order valence-corrected chi connectivity index (χ3v) is 5.34. The van der Waals surface area contributed by atoms with E-state index in [2.05, 4.69) is 15.3 Å². The van der Waals surface area contributed by atoms with Crippen LogP contribution in [0.4, 0.5) is 10.6 Å². The molecule has 2 amide bonds. The molecular weight excluding hydrogens is 360 g/mol. The Bertz CT molecular complexity index is 885. The molecule has 8 nitrogen and oxygen atoms in total. The first-order valence-corrected chi connectivity index (χ1v) is 9.33. The first-order chi connectivity index (χ1) is 13.6. The molecule has 2 heterocycles. The number of nitrogens with one attached hydrogen (secondary N) is 1. The Hall–Kier alpha value is -3.03. The van der Waals surface area contributed by atoms with Crippen molar-refractivity contribution in [1.82, 2.24) is 14.9 Å². The van der Waals surface area contributed by atoms with E-state index in [1.165, 1.54) is 19.0 Å². The number of benzene rings is 1. The van der Waals surface area contributed by atoms with Crippen LogP contribution in [0.15, 0.2) is 24.5 Å². The van der Waals surface area contributed by atoms with Gasteiger partial charge < -0.3 is 19.1 Å². The number of aromatic nitrogens is 2. The van der Waals surface area contributed by atoms with Gasteiger partial charge in [0.05, 0.1) is 27.4 Å². The van der Waals surface area contributed by atoms with Crippen LogP contribution in [0.25, 0.3) is 0 Å². The molecule has 1 aliphatic heterocycles. The van der Waals surface area contributed by atoms with E-state index in [-0.39, 0.29) is 12.1 Å². The second kappa shape index (κ2) is 7.53. The van der Waals surface area contributed by atoms with Crippen LogP contribution in [-0.2, 0) is 6.42 Å². The van der Waals surface area contributed by atoms with E-state index in [4.69, 9.17) is 14.2 Å². The number of nitrogens with zero attached hydrogens (tertiary/aromatic N) is 3. The third kappa shape index (κ3) is 3.42. The molecule has 1 atom stereocenters. The van der Waals surface area contributed by atoms with Gasteiger partial charge in [0.25, 0.3) is 0 Å². The Balaban J connectivity index is 1.62. The lowest BCUT2D eigenvalue weighted by Gasteiger charge is -2.38. The Morgan fingerprint density at radius 1 is 1.07 bits per heavy atom. The molecule has 1 aliphatic carbocycles. The molecule has 0 radical (unpaired) electrons. The van der Waals surface area contributed by atoms with Gasteiger partial charge in [0.15, 0.2) is 11.5 Å². The molecule has 1 fully saturated rings. The number of carbonyl (C=O) groups excluding carboxylic acids is 1. The van der Waals surface area contributed by atoms with Gasteiger partial charge in [0.2, 0.25) is 5.88 Å². The number of urea groups is 1. The summed E-state index contributed by atoms with van der Waals surface area (Å²) in [5.74, 6) is 2.70. The number of ether oxygens (including phenoxy) is 3. The van der Waals surface area contributed by atoms with E-state index in [9.17, 15) is 4.79 Å². The van der Waals surface area contributed by atoms with Gasteiger partial charge in [-0.3, -0.25) is 5.32 Å². The van der Waals surface area contributed by atoms with E-state index in [0.29, 0.717) is 29.9 Å². The summed E-state index contributed by atoms with van der Waals surface area (Å²) in [5, 5.41) is 2.88. The number of carbonyl (C=O) groups is 1. The van der Waals surface area contributed by atoms with E-state index in [1.807, 2.05) is 17.0 Å². The fourth-order valence-electron chi connectivity index (χ4n) is 3.83. The largest absolute Gasteiger partial charge is 0.493 e. The van der Waals surface area contributed by atoms with Crippen LogP contribution in [0.2, 0.25) is 0 Å². The lowest BCUT2D eigenvalue weighted by atomic mass is 9.89. The number of rotatable bonds is 5. The highest BCUT2D eigenvalue weighted by atomic mass is 16.5. The average Bonchev–Trinajstić information content (AvgIpc) is 3.56. The lowest BCUT2D eigenvalue weighted by molar-refractivity contribution is 0.172. The molecule has 1 aromatic carbocycles. The molecule has 0 spiro atoms. The molecule has 1 aromatic heterocycles. The molecule has 1 N–H and O–H groups in total. The van der Waals surface area contributed by atoms with E-state index in [1.54, 1.807) is 20.3 Å². The quantitative estimate of drug-likeness (QED) is 0.853. The van der Waals surface area contributed by atoms with Crippen molar-refractivity contribution in [2.75, 3.05) is 33.2 Å². The van der Waals surface area contributed by atoms with Crippen LogP contribution in [-0.4, -0.2) is 48.8 Å². The van der Waals surface area contributed by atoms with Gasteiger partial charge in [0.1, 0.15) is 12.1 Å². The molecule has 4 rings (SSSR count). The summed E-state index contributed by atoms with van der Waals surface area (Å²) in [7, 11) is 4.80. The number of hydrogen-bond donors (Lipinski definition) is 1. The number of fused-ring (bicyclic) bond motifs is 1. The Morgan fingerprint density at radius 2 is 1.82 bits per heavy atom.